The fourth-order valence-corrected chi connectivity index (χ4v) is 5.93. The molecule has 4 aliphatic heterocycles. The molecule has 1 unspecified atom stereocenters. The van der Waals surface area contributed by atoms with Crippen LogP contribution in [0.1, 0.15) is 25.3 Å². The third-order valence-corrected chi connectivity index (χ3v) is 7.44. The van der Waals surface area contributed by atoms with E-state index in [-0.39, 0.29) is 35.9 Å². The van der Waals surface area contributed by atoms with Crippen molar-refractivity contribution in [2.24, 2.45) is 11.8 Å². The fourth-order valence-electron chi connectivity index (χ4n) is 5.93. The van der Waals surface area contributed by atoms with Gasteiger partial charge in [-0.3, -0.25) is 9.69 Å². The number of hydrogen-bond donors (Lipinski definition) is 1. The number of piperidine rings is 1. The highest BCUT2D eigenvalue weighted by molar-refractivity contribution is 6.07. The van der Waals surface area contributed by atoms with Crippen molar-refractivity contribution in [1.82, 2.24) is 4.90 Å². The van der Waals surface area contributed by atoms with E-state index in [1.807, 2.05) is 18.2 Å². The van der Waals surface area contributed by atoms with Crippen molar-refractivity contribution in [2.75, 3.05) is 32.6 Å². The number of esters is 1. The number of anilines is 1. The number of amides is 1. The van der Waals surface area contributed by atoms with Crippen LogP contribution in [0.15, 0.2) is 30.0 Å². The predicted octanol–water partition coefficient (Wildman–Crippen LogP) is 2.07. The molecular weight excluding hydrogens is 372 g/mol. The van der Waals surface area contributed by atoms with Crippen molar-refractivity contribution in [3.8, 4) is 5.75 Å². The van der Waals surface area contributed by atoms with Gasteiger partial charge in [-0.15, -0.1) is 0 Å². The molecule has 7 heteroatoms. The van der Waals surface area contributed by atoms with Crippen LogP contribution in [0.3, 0.4) is 0 Å². The zero-order valence-electron chi connectivity index (χ0n) is 16.9. The molecule has 7 nitrogen and oxygen atoms in total. The first-order valence-electron chi connectivity index (χ1n) is 10.2. The van der Waals surface area contributed by atoms with E-state index >= 15 is 0 Å². The molecule has 5 atom stereocenters. The Balaban J connectivity index is 1.54. The normalized spacial score (nSPS) is 35.1. The Kier molecular flexibility index (Phi) is 4.13. The molecule has 5 rings (SSSR count). The van der Waals surface area contributed by atoms with E-state index in [1.54, 1.807) is 13.4 Å². The van der Waals surface area contributed by atoms with Gasteiger partial charge >= 0.3 is 5.97 Å². The maximum atomic E-state index is 13.3. The van der Waals surface area contributed by atoms with Crippen molar-refractivity contribution in [3.63, 3.8) is 0 Å². The maximum Gasteiger partial charge on any atom is 0.337 e. The summed E-state index contributed by atoms with van der Waals surface area (Å²) in [6, 6.07) is 5.88. The Bertz CT molecular complexity index is 912. The van der Waals surface area contributed by atoms with E-state index in [0.29, 0.717) is 5.57 Å². The summed E-state index contributed by atoms with van der Waals surface area (Å²) in [5, 5.41) is 3.09. The quantitative estimate of drug-likeness (QED) is 0.769. The minimum atomic E-state index is -0.588. The van der Waals surface area contributed by atoms with Crippen LogP contribution in [0.25, 0.3) is 0 Å². The van der Waals surface area contributed by atoms with Crippen molar-refractivity contribution >= 4 is 17.6 Å². The van der Waals surface area contributed by atoms with E-state index < -0.39 is 5.41 Å². The number of ether oxygens (including phenoxy) is 3. The highest BCUT2D eigenvalue weighted by Crippen LogP contribution is 2.54. The Labute approximate surface area is 170 Å². The number of benzene rings is 1. The van der Waals surface area contributed by atoms with Gasteiger partial charge in [-0.2, -0.15) is 0 Å². The van der Waals surface area contributed by atoms with Gasteiger partial charge in [-0.05, 0) is 37.9 Å². The molecule has 1 N–H and O–H groups in total. The first-order chi connectivity index (χ1) is 14.0. The smallest absolute Gasteiger partial charge is 0.337 e. The largest absolute Gasteiger partial charge is 0.497 e. The molecule has 2 fully saturated rings. The molecule has 0 radical (unpaired) electrons. The summed E-state index contributed by atoms with van der Waals surface area (Å²) >= 11 is 0. The number of carbonyl (C=O) groups excluding carboxylic acids is 2. The zero-order chi connectivity index (χ0) is 20.3. The molecule has 2 saturated heterocycles. The molecule has 4 heterocycles. The monoisotopic (exact) mass is 398 g/mol. The number of carbonyl (C=O) groups is 2. The number of nitrogens with one attached hydrogen (secondary N) is 1. The Morgan fingerprint density at radius 3 is 2.93 bits per heavy atom. The van der Waals surface area contributed by atoms with Crippen LogP contribution in [0.5, 0.6) is 5.75 Å². The van der Waals surface area contributed by atoms with Gasteiger partial charge in [-0.25, -0.2) is 4.79 Å². The number of hydrogen-bond acceptors (Lipinski definition) is 6. The van der Waals surface area contributed by atoms with Crippen molar-refractivity contribution < 1.29 is 23.8 Å². The summed E-state index contributed by atoms with van der Waals surface area (Å²) < 4.78 is 16.1. The van der Waals surface area contributed by atoms with Gasteiger partial charge in [0.2, 0.25) is 5.91 Å². The van der Waals surface area contributed by atoms with Crippen LogP contribution in [0.2, 0.25) is 0 Å². The van der Waals surface area contributed by atoms with Gasteiger partial charge in [0.25, 0.3) is 0 Å². The van der Waals surface area contributed by atoms with Gasteiger partial charge in [0.15, 0.2) is 0 Å². The van der Waals surface area contributed by atoms with Crippen LogP contribution in [0.4, 0.5) is 5.69 Å². The Morgan fingerprint density at radius 1 is 1.34 bits per heavy atom. The second-order valence-electron chi connectivity index (χ2n) is 8.51. The lowest BCUT2D eigenvalue weighted by atomic mass is 9.66. The second-order valence-corrected chi connectivity index (χ2v) is 8.51. The van der Waals surface area contributed by atoms with Gasteiger partial charge < -0.3 is 19.5 Å². The van der Waals surface area contributed by atoms with Crippen LogP contribution in [0, 0.1) is 11.8 Å². The number of nitrogens with zero attached hydrogens (tertiary/aromatic N) is 1. The van der Waals surface area contributed by atoms with Gasteiger partial charge in [0.05, 0.1) is 37.6 Å². The van der Waals surface area contributed by atoms with Crippen LogP contribution < -0.4 is 10.1 Å². The molecule has 0 aromatic heterocycles. The lowest BCUT2D eigenvalue weighted by molar-refractivity contribution is -0.139. The van der Waals surface area contributed by atoms with Crippen molar-refractivity contribution in [1.29, 1.82) is 0 Å². The number of methoxy groups -OCH3 is 2. The lowest BCUT2D eigenvalue weighted by Gasteiger charge is -2.48. The van der Waals surface area contributed by atoms with Crippen molar-refractivity contribution in [2.45, 2.75) is 37.3 Å². The lowest BCUT2D eigenvalue weighted by Crippen LogP contribution is -2.56. The minimum Gasteiger partial charge on any atom is -0.497 e. The first-order valence-corrected chi connectivity index (χ1v) is 10.2. The number of fused-ring (bicyclic) bond motifs is 5. The van der Waals surface area contributed by atoms with Crippen LogP contribution >= 0.6 is 0 Å². The first kappa shape index (κ1) is 18.5. The molecule has 0 bridgehead atoms. The van der Waals surface area contributed by atoms with E-state index in [1.165, 1.54) is 7.11 Å². The van der Waals surface area contributed by atoms with E-state index in [2.05, 4.69) is 17.1 Å². The topological polar surface area (TPSA) is 77.1 Å². The van der Waals surface area contributed by atoms with E-state index in [9.17, 15) is 9.59 Å². The SMILES string of the molecule is COC(=O)C1=COC(C)[C@H]2CN3CC[C@@]4(C(=O)Nc5cc(OC)ccc54)[C@@H]3C[C@@H]12. The third-order valence-electron chi connectivity index (χ3n) is 7.44. The number of rotatable bonds is 2. The molecular formula is C22H26N2O5. The van der Waals surface area contributed by atoms with Crippen LogP contribution in [-0.4, -0.2) is 56.2 Å². The molecule has 1 aromatic carbocycles. The molecule has 1 aromatic rings. The molecule has 0 aliphatic carbocycles. The van der Waals surface area contributed by atoms with Crippen molar-refractivity contribution in [3.05, 3.63) is 35.6 Å². The Hall–Kier alpha value is -2.54. The summed E-state index contributed by atoms with van der Waals surface area (Å²) in [7, 11) is 3.02. The summed E-state index contributed by atoms with van der Waals surface area (Å²) in [5.41, 5.74) is 1.88. The predicted molar refractivity (Wildman–Crippen MR) is 106 cm³/mol. The highest BCUT2D eigenvalue weighted by atomic mass is 16.5. The summed E-state index contributed by atoms with van der Waals surface area (Å²) in [5.74, 6) is 0.676. The van der Waals surface area contributed by atoms with E-state index in [4.69, 9.17) is 14.2 Å². The van der Waals surface area contributed by atoms with Gasteiger partial charge in [0.1, 0.15) is 5.75 Å². The second kappa shape index (κ2) is 6.49. The fraction of sp³-hybridized carbons (Fsp3) is 0.545. The molecule has 4 aliphatic rings. The average molecular weight is 398 g/mol. The Morgan fingerprint density at radius 2 is 2.17 bits per heavy atom. The minimum absolute atomic E-state index is 0.0255. The van der Waals surface area contributed by atoms with Gasteiger partial charge in [0, 0.05) is 36.2 Å². The molecule has 0 saturated carbocycles. The molecule has 29 heavy (non-hydrogen) atoms. The average Bonchev–Trinajstić information content (AvgIpc) is 3.25. The maximum absolute atomic E-state index is 13.3. The highest BCUT2D eigenvalue weighted by Gasteiger charge is 2.61. The summed E-state index contributed by atoms with van der Waals surface area (Å²) in [4.78, 5) is 28.1. The molecule has 154 valence electrons. The third kappa shape index (κ3) is 2.46. The van der Waals surface area contributed by atoms with Gasteiger partial charge in [-0.1, -0.05) is 6.07 Å². The van der Waals surface area contributed by atoms with E-state index in [0.717, 1.165) is 42.9 Å². The molecule has 1 spiro atoms. The summed E-state index contributed by atoms with van der Waals surface area (Å²) in [6.07, 6.45) is 3.11. The standard InChI is InChI=1S/C22H26N2O5/c1-12-15-10-24-7-6-22(17-5-4-13(27-2)8-18(17)23-21(22)26)19(24)9-14(15)16(11-29-12)20(25)28-3/h4-5,8,11-12,14-15,19H,6-7,9-10H2,1-3H3,(H,23,26)/t12?,14-,15-,19+,22+/m1/s1. The summed E-state index contributed by atoms with van der Waals surface area (Å²) in [6.45, 7) is 3.72. The zero-order valence-corrected chi connectivity index (χ0v) is 16.9. The molecule has 1 amide bonds. The van der Waals surface area contributed by atoms with Crippen LogP contribution in [-0.2, 0) is 24.5 Å².